The van der Waals surface area contributed by atoms with E-state index in [1.807, 2.05) is 6.92 Å². The maximum Gasteiger partial charge on any atom is 0.330 e. The molecule has 0 aromatic heterocycles. The Morgan fingerprint density at radius 2 is 2.05 bits per heavy atom. The zero-order chi connectivity index (χ0) is 15.1. The van der Waals surface area contributed by atoms with Crippen molar-refractivity contribution < 1.29 is 18.7 Å². The van der Waals surface area contributed by atoms with Crippen LogP contribution >= 0.6 is 0 Å². The Morgan fingerprint density at radius 1 is 1.40 bits per heavy atom. The van der Waals surface area contributed by atoms with E-state index >= 15 is 0 Å². The third-order valence-corrected chi connectivity index (χ3v) is 2.84. The molecule has 1 rings (SSSR count). The topological polar surface area (TPSA) is 58.6 Å². The third kappa shape index (κ3) is 4.22. The first kappa shape index (κ1) is 15.9. The number of likely N-dealkylation sites (N-methyl/N-ethyl adjacent to an activating group) is 1. The summed E-state index contributed by atoms with van der Waals surface area (Å²) in [5, 5.41) is 2.51. The summed E-state index contributed by atoms with van der Waals surface area (Å²) in [7, 11) is 1.25. The first-order valence-corrected chi connectivity index (χ1v) is 6.34. The van der Waals surface area contributed by atoms with Crippen molar-refractivity contribution in [1.29, 1.82) is 0 Å². The second-order valence-electron chi connectivity index (χ2n) is 4.27. The molecule has 0 spiro atoms. The molecule has 110 valence electrons. The zero-order valence-electron chi connectivity index (χ0n) is 11.9. The molecule has 5 nitrogen and oxygen atoms in total. The Labute approximate surface area is 117 Å². The molecule has 1 atom stereocenters. The van der Waals surface area contributed by atoms with Gasteiger partial charge in [-0.2, -0.15) is 0 Å². The Hall–Kier alpha value is -2.11. The van der Waals surface area contributed by atoms with Crippen LogP contribution < -0.4 is 10.2 Å². The number of carbonyl (C=O) groups excluding carboxylic acids is 2. The van der Waals surface area contributed by atoms with E-state index in [0.717, 1.165) is 0 Å². The van der Waals surface area contributed by atoms with Crippen molar-refractivity contribution >= 4 is 17.6 Å². The van der Waals surface area contributed by atoms with E-state index in [1.54, 1.807) is 23.1 Å². The van der Waals surface area contributed by atoms with E-state index in [0.29, 0.717) is 12.2 Å². The second-order valence-corrected chi connectivity index (χ2v) is 4.27. The van der Waals surface area contributed by atoms with Crippen molar-refractivity contribution in [2.45, 2.75) is 19.9 Å². The first-order valence-electron chi connectivity index (χ1n) is 6.34. The molecule has 0 radical (unpaired) electrons. The minimum absolute atomic E-state index is 0.143. The van der Waals surface area contributed by atoms with E-state index in [2.05, 4.69) is 10.1 Å². The highest BCUT2D eigenvalue weighted by molar-refractivity contribution is 5.83. The van der Waals surface area contributed by atoms with E-state index in [1.165, 1.54) is 20.1 Å². The zero-order valence-corrected chi connectivity index (χ0v) is 11.9. The molecule has 0 saturated heterocycles. The summed E-state index contributed by atoms with van der Waals surface area (Å²) in [5.41, 5.74) is 0.384. The number of anilines is 1. The number of ether oxygens (including phenoxy) is 1. The summed E-state index contributed by atoms with van der Waals surface area (Å²) in [6.07, 6.45) is 0. The molecule has 1 aromatic carbocycles. The van der Waals surface area contributed by atoms with Gasteiger partial charge in [0.15, 0.2) is 0 Å². The number of benzene rings is 1. The Kier molecular flexibility index (Phi) is 5.96. The molecule has 1 N–H and O–H groups in total. The Morgan fingerprint density at radius 3 is 2.55 bits per heavy atom. The molecule has 0 aliphatic carbocycles. The molecule has 1 amide bonds. The second kappa shape index (κ2) is 7.47. The summed E-state index contributed by atoms with van der Waals surface area (Å²) in [6.45, 7) is 3.79. The van der Waals surface area contributed by atoms with Crippen LogP contribution in [0.2, 0.25) is 0 Å². The van der Waals surface area contributed by atoms with Gasteiger partial charge < -0.3 is 15.0 Å². The van der Waals surface area contributed by atoms with Gasteiger partial charge in [0.25, 0.3) is 0 Å². The number of halogens is 1. The van der Waals surface area contributed by atoms with E-state index in [-0.39, 0.29) is 18.3 Å². The maximum atomic E-state index is 13.8. The van der Waals surface area contributed by atoms with Crippen LogP contribution in [0, 0.1) is 5.82 Å². The largest absolute Gasteiger partial charge is 0.467 e. The summed E-state index contributed by atoms with van der Waals surface area (Å²) < 4.78 is 18.4. The van der Waals surface area contributed by atoms with Crippen LogP contribution in [-0.2, 0) is 14.3 Å². The molecule has 1 aromatic rings. The molecule has 0 saturated carbocycles. The van der Waals surface area contributed by atoms with Crippen LogP contribution in [0.5, 0.6) is 0 Å². The Balaban J connectivity index is 2.91. The highest BCUT2D eigenvalue weighted by Gasteiger charge is 2.23. The molecule has 0 heterocycles. The lowest BCUT2D eigenvalue weighted by Gasteiger charge is -2.27. The van der Waals surface area contributed by atoms with Gasteiger partial charge in [0.05, 0.1) is 12.8 Å². The van der Waals surface area contributed by atoms with Gasteiger partial charge in [-0.05, 0) is 19.1 Å². The third-order valence-electron chi connectivity index (χ3n) is 2.84. The SMILES string of the molecule is CCN(CC(NC(C)=O)C(=O)OC)c1ccccc1F. The van der Waals surface area contributed by atoms with Gasteiger partial charge in [-0.15, -0.1) is 0 Å². The van der Waals surface area contributed by atoms with Crippen LogP contribution in [0.25, 0.3) is 0 Å². The fraction of sp³-hybridized carbons (Fsp3) is 0.429. The molecule has 0 bridgehead atoms. The number of para-hydroxylation sites is 1. The van der Waals surface area contributed by atoms with Crippen molar-refractivity contribution in [3.05, 3.63) is 30.1 Å². The number of esters is 1. The van der Waals surface area contributed by atoms with Gasteiger partial charge >= 0.3 is 5.97 Å². The van der Waals surface area contributed by atoms with Gasteiger partial charge in [0, 0.05) is 20.0 Å². The number of rotatable bonds is 6. The molecule has 20 heavy (non-hydrogen) atoms. The van der Waals surface area contributed by atoms with Crippen LogP contribution in [0.3, 0.4) is 0 Å². The van der Waals surface area contributed by atoms with Crippen LogP contribution in [-0.4, -0.2) is 38.1 Å². The molecule has 6 heteroatoms. The predicted octanol–water partition coefficient (Wildman–Crippen LogP) is 1.33. The van der Waals surface area contributed by atoms with E-state index in [4.69, 9.17) is 0 Å². The van der Waals surface area contributed by atoms with Crippen LogP contribution in [0.1, 0.15) is 13.8 Å². The summed E-state index contributed by atoms with van der Waals surface area (Å²) in [4.78, 5) is 24.5. The van der Waals surface area contributed by atoms with Crippen molar-refractivity contribution in [1.82, 2.24) is 5.32 Å². The van der Waals surface area contributed by atoms with E-state index in [9.17, 15) is 14.0 Å². The average molecular weight is 282 g/mol. The number of carbonyl (C=O) groups is 2. The molecular formula is C14H19FN2O3. The number of amides is 1. The molecule has 0 fully saturated rings. The first-order chi connectivity index (χ1) is 9.49. The monoisotopic (exact) mass is 282 g/mol. The lowest BCUT2D eigenvalue weighted by Crippen LogP contribution is -2.48. The summed E-state index contributed by atoms with van der Waals surface area (Å²) >= 11 is 0. The average Bonchev–Trinajstić information content (AvgIpc) is 2.43. The highest BCUT2D eigenvalue weighted by Crippen LogP contribution is 2.18. The summed E-state index contributed by atoms with van der Waals surface area (Å²) in [6, 6.07) is 5.45. The minimum Gasteiger partial charge on any atom is -0.467 e. The van der Waals surface area contributed by atoms with Gasteiger partial charge in [-0.25, -0.2) is 9.18 Å². The van der Waals surface area contributed by atoms with Crippen LogP contribution in [0.15, 0.2) is 24.3 Å². The van der Waals surface area contributed by atoms with Crippen molar-refractivity contribution in [2.24, 2.45) is 0 Å². The smallest absolute Gasteiger partial charge is 0.330 e. The number of hydrogen-bond acceptors (Lipinski definition) is 4. The lowest BCUT2D eigenvalue weighted by atomic mass is 10.2. The van der Waals surface area contributed by atoms with Crippen molar-refractivity contribution in [3.63, 3.8) is 0 Å². The maximum absolute atomic E-state index is 13.8. The van der Waals surface area contributed by atoms with Crippen LogP contribution in [0.4, 0.5) is 10.1 Å². The number of hydrogen-bond donors (Lipinski definition) is 1. The standard InChI is InChI=1S/C14H19FN2O3/c1-4-17(13-8-6-5-7-11(13)15)9-12(14(19)20-3)16-10(2)18/h5-8,12H,4,9H2,1-3H3,(H,16,18). The molecular weight excluding hydrogens is 263 g/mol. The molecule has 1 unspecified atom stereocenters. The fourth-order valence-corrected chi connectivity index (χ4v) is 1.89. The Bertz CT molecular complexity index is 479. The lowest BCUT2D eigenvalue weighted by molar-refractivity contribution is -0.144. The predicted molar refractivity (Wildman–Crippen MR) is 73.9 cm³/mol. The quantitative estimate of drug-likeness (QED) is 0.800. The summed E-state index contributed by atoms with van der Waals surface area (Å²) in [5.74, 6) is -1.28. The van der Waals surface area contributed by atoms with Crippen molar-refractivity contribution in [2.75, 3.05) is 25.1 Å². The molecule has 0 aliphatic heterocycles. The fourth-order valence-electron chi connectivity index (χ4n) is 1.89. The highest BCUT2D eigenvalue weighted by atomic mass is 19.1. The van der Waals surface area contributed by atoms with Gasteiger partial charge in [0.2, 0.25) is 5.91 Å². The van der Waals surface area contributed by atoms with Gasteiger partial charge in [0.1, 0.15) is 11.9 Å². The number of nitrogens with one attached hydrogen (secondary N) is 1. The number of methoxy groups -OCH3 is 1. The van der Waals surface area contributed by atoms with Gasteiger partial charge in [-0.1, -0.05) is 12.1 Å². The van der Waals surface area contributed by atoms with E-state index < -0.39 is 12.0 Å². The van der Waals surface area contributed by atoms with Gasteiger partial charge in [-0.3, -0.25) is 4.79 Å². The van der Waals surface area contributed by atoms with Crippen molar-refractivity contribution in [3.8, 4) is 0 Å². The molecule has 0 aliphatic rings. The minimum atomic E-state index is -0.836. The normalized spacial score (nSPS) is 11.6. The number of nitrogens with zero attached hydrogens (tertiary/aromatic N) is 1.